The van der Waals surface area contributed by atoms with Gasteiger partial charge in [-0.05, 0) is 30.0 Å². The van der Waals surface area contributed by atoms with E-state index in [1.54, 1.807) is 14.2 Å². The third kappa shape index (κ3) is 3.51. The molecule has 0 aliphatic rings. The first-order chi connectivity index (χ1) is 7.69. The molecule has 0 fully saturated rings. The van der Waals surface area contributed by atoms with Gasteiger partial charge in [-0.2, -0.15) is 0 Å². The van der Waals surface area contributed by atoms with Crippen LogP contribution in [0.5, 0.6) is 5.75 Å². The van der Waals surface area contributed by atoms with Gasteiger partial charge in [-0.25, -0.2) is 0 Å². The molecule has 0 bridgehead atoms. The van der Waals surface area contributed by atoms with E-state index in [4.69, 9.17) is 9.47 Å². The predicted molar refractivity (Wildman–Crippen MR) is 63.6 cm³/mol. The molecule has 0 radical (unpaired) electrons. The van der Waals surface area contributed by atoms with E-state index < -0.39 is 6.10 Å². The molecule has 2 atom stereocenters. The van der Waals surface area contributed by atoms with Crippen LogP contribution in [0.15, 0.2) is 24.3 Å². The molecule has 0 saturated heterocycles. The smallest absolute Gasteiger partial charge is 0.118 e. The molecular formula is C13H20O3. The van der Waals surface area contributed by atoms with E-state index in [1.807, 2.05) is 31.2 Å². The molecule has 3 nitrogen and oxygen atoms in total. The lowest BCUT2D eigenvalue weighted by atomic mass is 9.95. The highest BCUT2D eigenvalue weighted by Gasteiger charge is 2.15. The first-order valence-electron chi connectivity index (χ1n) is 5.50. The molecule has 1 rings (SSSR count). The second-order valence-electron chi connectivity index (χ2n) is 3.98. The number of hydrogen-bond acceptors (Lipinski definition) is 3. The molecular weight excluding hydrogens is 204 g/mol. The quantitative estimate of drug-likeness (QED) is 0.806. The van der Waals surface area contributed by atoms with Crippen molar-refractivity contribution in [1.29, 1.82) is 0 Å². The largest absolute Gasteiger partial charge is 0.497 e. The van der Waals surface area contributed by atoms with Crippen molar-refractivity contribution < 1.29 is 14.6 Å². The Hall–Kier alpha value is -1.06. The zero-order chi connectivity index (χ0) is 12.0. The molecule has 0 saturated carbocycles. The Morgan fingerprint density at radius 3 is 2.31 bits per heavy atom. The Morgan fingerprint density at radius 2 is 1.81 bits per heavy atom. The zero-order valence-corrected chi connectivity index (χ0v) is 10.1. The minimum Gasteiger partial charge on any atom is -0.497 e. The van der Waals surface area contributed by atoms with E-state index in [-0.39, 0.29) is 5.92 Å². The highest BCUT2D eigenvalue weighted by atomic mass is 16.5. The van der Waals surface area contributed by atoms with Crippen LogP contribution >= 0.6 is 0 Å². The Bertz CT molecular complexity index is 295. The van der Waals surface area contributed by atoms with Crippen LogP contribution in [0, 0.1) is 5.92 Å². The van der Waals surface area contributed by atoms with Gasteiger partial charge in [-0.15, -0.1) is 0 Å². The maximum Gasteiger partial charge on any atom is 0.118 e. The normalized spacial score (nSPS) is 14.5. The first-order valence-corrected chi connectivity index (χ1v) is 5.50. The lowest BCUT2D eigenvalue weighted by Crippen LogP contribution is -2.11. The number of ether oxygens (including phenoxy) is 2. The Kier molecular flexibility index (Phi) is 5.29. The lowest BCUT2D eigenvalue weighted by Gasteiger charge is -2.19. The summed E-state index contributed by atoms with van der Waals surface area (Å²) in [4.78, 5) is 0. The van der Waals surface area contributed by atoms with Gasteiger partial charge in [0.15, 0.2) is 0 Å². The minimum absolute atomic E-state index is 0.188. The predicted octanol–water partition coefficient (Wildman–Crippen LogP) is 2.40. The fraction of sp³-hybridized carbons (Fsp3) is 0.538. The van der Waals surface area contributed by atoms with Crippen molar-refractivity contribution >= 4 is 0 Å². The molecule has 90 valence electrons. The lowest BCUT2D eigenvalue weighted by molar-refractivity contribution is 0.0886. The fourth-order valence-electron chi connectivity index (χ4n) is 1.59. The molecule has 1 N–H and O–H groups in total. The van der Waals surface area contributed by atoms with Gasteiger partial charge in [-0.1, -0.05) is 19.1 Å². The highest BCUT2D eigenvalue weighted by molar-refractivity contribution is 5.28. The number of hydrogen-bond donors (Lipinski definition) is 1. The second-order valence-corrected chi connectivity index (χ2v) is 3.98. The Balaban J connectivity index is 2.60. The summed E-state index contributed by atoms with van der Waals surface area (Å²) in [7, 11) is 3.30. The molecule has 0 aliphatic heterocycles. The highest BCUT2D eigenvalue weighted by Crippen LogP contribution is 2.25. The molecule has 0 heterocycles. The van der Waals surface area contributed by atoms with Crippen LogP contribution in [0.2, 0.25) is 0 Å². The van der Waals surface area contributed by atoms with Crippen molar-refractivity contribution in [1.82, 2.24) is 0 Å². The molecule has 0 aliphatic carbocycles. The van der Waals surface area contributed by atoms with Crippen LogP contribution in [0.25, 0.3) is 0 Å². The van der Waals surface area contributed by atoms with Gasteiger partial charge in [0, 0.05) is 13.7 Å². The average Bonchev–Trinajstić information content (AvgIpc) is 2.35. The third-order valence-corrected chi connectivity index (χ3v) is 2.77. The van der Waals surface area contributed by atoms with Crippen molar-refractivity contribution in [2.45, 2.75) is 19.4 Å². The summed E-state index contributed by atoms with van der Waals surface area (Å²) in [6.45, 7) is 2.70. The molecule has 0 aromatic heterocycles. The van der Waals surface area contributed by atoms with E-state index in [0.717, 1.165) is 17.7 Å². The van der Waals surface area contributed by atoms with Crippen LogP contribution in [0.1, 0.15) is 25.0 Å². The number of aliphatic hydroxyl groups excluding tert-OH is 1. The van der Waals surface area contributed by atoms with Crippen LogP contribution in [0.3, 0.4) is 0 Å². The van der Waals surface area contributed by atoms with Crippen LogP contribution < -0.4 is 4.74 Å². The van der Waals surface area contributed by atoms with Crippen LogP contribution in [-0.4, -0.2) is 25.9 Å². The zero-order valence-electron chi connectivity index (χ0n) is 10.1. The number of aliphatic hydroxyl groups is 1. The van der Waals surface area contributed by atoms with E-state index in [2.05, 4.69) is 0 Å². The maximum atomic E-state index is 10.1. The standard InChI is InChI=1S/C13H20O3/c1-10(8-9-15-2)13(14)11-4-6-12(16-3)7-5-11/h4-7,10,13-14H,8-9H2,1-3H3. The van der Waals surface area contributed by atoms with Gasteiger partial charge in [-0.3, -0.25) is 0 Å². The number of methoxy groups -OCH3 is 2. The molecule has 2 unspecified atom stereocenters. The van der Waals surface area contributed by atoms with E-state index >= 15 is 0 Å². The Morgan fingerprint density at radius 1 is 1.19 bits per heavy atom. The van der Waals surface area contributed by atoms with E-state index in [1.165, 1.54) is 0 Å². The van der Waals surface area contributed by atoms with Crippen LogP contribution in [-0.2, 0) is 4.74 Å². The minimum atomic E-state index is -0.443. The number of rotatable bonds is 6. The molecule has 1 aromatic rings. The third-order valence-electron chi connectivity index (χ3n) is 2.77. The average molecular weight is 224 g/mol. The van der Waals surface area contributed by atoms with Gasteiger partial charge in [0.25, 0.3) is 0 Å². The molecule has 16 heavy (non-hydrogen) atoms. The Labute approximate surface area is 97.0 Å². The van der Waals surface area contributed by atoms with Crippen molar-refractivity contribution in [2.24, 2.45) is 5.92 Å². The van der Waals surface area contributed by atoms with Crippen molar-refractivity contribution in [2.75, 3.05) is 20.8 Å². The molecule has 1 aromatic carbocycles. The van der Waals surface area contributed by atoms with Gasteiger partial charge in [0.1, 0.15) is 5.75 Å². The maximum absolute atomic E-state index is 10.1. The molecule has 3 heteroatoms. The molecule has 0 spiro atoms. The van der Waals surface area contributed by atoms with Gasteiger partial charge in [0.05, 0.1) is 13.2 Å². The SMILES string of the molecule is COCCC(C)C(O)c1ccc(OC)cc1. The van der Waals surface area contributed by atoms with Crippen molar-refractivity contribution in [3.63, 3.8) is 0 Å². The van der Waals surface area contributed by atoms with Gasteiger partial charge in [0.2, 0.25) is 0 Å². The fourth-order valence-corrected chi connectivity index (χ4v) is 1.59. The van der Waals surface area contributed by atoms with Gasteiger partial charge >= 0.3 is 0 Å². The van der Waals surface area contributed by atoms with Crippen LogP contribution in [0.4, 0.5) is 0 Å². The summed E-state index contributed by atoms with van der Waals surface area (Å²) < 4.78 is 10.1. The summed E-state index contributed by atoms with van der Waals surface area (Å²) in [6, 6.07) is 7.52. The summed E-state index contributed by atoms with van der Waals surface area (Å²) in [5.74, 6) is 0.994. The molecule has 0 amide bonds. The summed E-state index contributed by atoms with van der Waals surface area (Å²) in [5, 5.41) is 10.1. The van der Waals surface area contributed by atoms with Crippen molar-refractivity contribution in [3.8, 4) is 5.75 Å². The van der Waals surface area contributed by atoms with E-state index in [9.17, 15) is 5.11 Å². The van der Waals surface area contributed by atoms with E-state index in [0.29, 0.717) is 6.61 Å². The number of benzene rings is 1. The second kappa shape index (κ2) is 6.51. The first kappa shape index (κ1) is 13.0. The summed E-state index contributed by atoms with van der Waals surface area (Å²) >= 11 is 0. The summed E-state index contributed by atoms with van der Waals surface area (Å²) in [6.07, 6.45) is 0.407. The van der Waals surface area contributed by atoms with Crippen molar-refractivity contribution in [3.05, 3.63) is 29.8 Å². The van der Waals surface area contributed by atoms with Gasteiger partial charge < -0.3 is 14.6 Å². The monoisotopic (exact) mass is 224 g/mol. The topological polar surface area (TPSA) is 38.7 Å². The summed E-state index contributed by atoms with van der Waals surface area (Å²) in [5.41, 5.74) is 0.921.